The molecule has 2 heterocycles. The monoisotopic (exact) mass is 353 g/mol. The molecule has 6 heteroatoms. The summed E-state index contributed by atoms with van der Waals surface area (Å²) in [5, 5.41) is 8.00. The van der Waals surface area contributed by atoms with Crippen LogP contribution in [-0.2, 0) is 5.54 Å². The van der Waals surface area contributed by atoms with Crippen molar-refractivity contribution in [3.63, 3.8) is 0 Å². The van der Waals surface area contributed by atoms with Crippen LogP contribution < -0.4 is 5.73 Å². The molecule has 0 aliphatic carbocycles. The van der Waals surface area contributed by atoms with E-state index in [1.165, 1.54) is 11.7 Å². The molecule has 0 radical (unpaired) electrons. The Morgan fingerprint density at radius 2 is 1.68 bits per heavy atom. The summed E-state index contributed by atoms with van der Waals surface area (Å²) in [6.45, 7) is 6.31. The largest absolute Gasteiger partial charge is 0.383 e. The minimum absolute atomic E-state index is 0. The lowest BCUT2D eigenvalue weighted by atomic mass is 10.0. The number of aromatic nitrogens is 4. The smallest absolute Gasteiger partial charge is 0.164 e. The molecule has 2 aromatic carbocycles. The van der Waals surface area contributed by atoms with Crippen LogP contribution in [0.15, 0.2) is 48.8 Å². The molecule has 0 saturated carbocycles. The van der Waals surface area contributed by atoms with Gasteiger partial charge in [-0.2, -0.15) is 5.10 Å². The lowest BCUT2D eigenvalue weighted by Gasteiger charge is -2.19. The van der Waals surface area contributed by atoms with Crippen LogP contribution in [0, 0.1) is 0 Å². The highest BCUT2D eigenvalue weighted by atomic mass is 35.5. The SMILES string of the molecule is CC(C)(C)n1nc(-c2cccc3ccccc23)c2c(N)ncnc21.Cl. The van der Waals surface area contributed by atoms with Crippen LogP contribution in [-0.4, -0.2) is 19.7 Å². The van der Waals surface area contributed by atoms with Crippen LogP contribution in [0.1, 0.15) is 20.8 Å². The number of hydrogen-bond donors (Lipinski definition) is 1. The Morgan fingerprint density at radius 3 is 2.44 bits per heavy atom. The minimum atomic E-state index is -0.206. The summed E-state index contributed by atoms with van der Waals surface area (Å²) >= 11 is 0. The van der Waals surface area contributed by atoms with E-state index >= 15 is 0 Å². The van der Waals surface area contributed by atoms with Gasteiger partial charge in [-0.1, -0.05) is 42.5 Å². The Bertz CT molecular complexity index is 1060. The van der Waals surface area contributed by atoms with Gasteiger partial charge in [0, 0.05) is 5.56 Å². The molecule has 0 aliphatic rings. The molecule has 0 saturated heterocycles. The normalized spacial score (nSPS) is 11.6. The summed E-state index contributed by atoms with van der Waals surface area (Å²) in [6.07, 6.45) is 1.49. The fourth-order valence-electron chi connectivity index (χ4n) is 3.06. The topological polar surface area (TPSA) is 69.6 Å². The van der Waals surface area contributed by atoms with Gasteiger partial charge in [0.05, 0.1) is 10.9 Å². The Labute approximate surface area is 152 Å². The second-order valence-electron chi connectivity index (χ2n) is 6.92. The van der Waals surface area contributed by atoms with Crippen molar-refractivity contribution in [2.24, 2.45) is 0 Å². The van der Waals surface area contributed by atoms with E-state index in [1.54, 1.807) is 0 Å². The number of fused-ring (bicyclic) bond motifs is 2. The number of nitrogen functional groups attached to an aromatic ring is 1. The van der Waals surface area contributed by atoms with Crippen LogP contribution in [0.5, 0.6) is 0 Å². The second-order valence-corrected chi connectivity index (χ2v) is 6.92. The van der Waals surface area contributed by atoms with Crippen LogP contribution in [0.4, 0.5) is 5.82 Å². The summed E-state index contributed by atoms with van der Waals surface area (Å²) in [7, 11) is 0. The van der Waals surface area contributed by atoms with Gasteiger partial charge >= 0.3 is 0 Å². The van der Waals surface area contributed by atoms with Gasteiger partial charge in [0.2, 0.25) is 0 Å². The van der Waals surface area contributed by atoms with Gasteiger partial charge in [0.15, 0.2) is 5.65 Å². The van der Waals surface area contributed by atoms with E-state index in [2.05, 4.69) is 55.0 Å². The van der Waals surface area contributed by atoms with Crippen molar-refractivity contribution in [1.29, 1.82) is 0 Å². The third-order valence-electron chi connectivity index (χ3n) is 4.17. The maximum atomic E-state index is 6.19. The van der Waals surface area contributed by atoms with Crippen molar-refractivity contribution >= 4 is 40.0 Å². The van der Waals surface area contributed by atoms with Gasteiger partial charge in [0.25, 0.3) is 0 Å². The number of rotatable bonds is 1. The van der Waals surface area contributed by atoms with Gasteiger partial charge in [0.1, 0.15) is 17.8 Å². The minimum Gasteiger partial charge on any atom is -0.383 e. The molecule has 5 nitrogen and oxygen atoms in total. The van der Waals surface area contributed by atoms with Gasteiger partial charge in [-0.05, 0) is 31.5 Å². The highest BCUT2D eigenvalue weighted by molar-refractivity contribution is 6.05. The molecule has 0 atom stereocenters. The molecule has 2 N–H and O–H groups in total. The Hall–Kier alpha value is -2.66. The van der Waals surface area contributed by atoms with Crippen LogP contribution in [0.25, 0.3) is 33.1 Å². The lowest BCUT2D eigenvalue weighted by molar-refractivity contribution is 0.367. The average Bonchev–Trinajstić information content (AvgIpc) is 2.95. The van der Waals surface area contributed by atoms with E-state index in [9.17, 15) is 0 Å². The highest BCUT2D eigenvalue weighted by Crippen LogP contribution is 2.36. The van der Waals surface area contributed by atoms with E-state index in [0.717, 1.165) is 27.7 Å². The first-order valence-corrected chi connectivity index (χ1v) is 7.94. The first kappa shape index (κ1) is 17.2. The molecule has 4 aromatic rings. The Morgan fingerprint density at radius 1 is 0.960 bits per heavy atom. The molecule has 0 fully saturated rings. The van der Waals surface area contributed by atoms with Crippen molar-refractivity contribution in [3.8, 4) is 11.3 Å². The number of nitrogens with two attached hydrogens (primary N) is 1. The van der Waals surface area contributed by atoms with E-state index in [-0.39, 0.29) is 17.9 Å². The van der Waals surface area contributed by atoms with Crippen molar-refractivity contribution < 1.29 is 0 Å². The number of halogens is 1. The zero-order valence-electron chi connectivity index (χ0n) is 14.4. The summed E-state index contributed by atoms with van der Waals surface area (Å²) in [4.78, 5) is 8.63. The molecule has 0 aliphatic heterocycles. The van der Waals surface area contributed by atoms with Crippen LogP contribution in [0.3, 0.4) is 0 Å². The van der Waals surface area contributed by atoms with Crippen LogP contribution >= 0.6 is 12.4 Å². The Kier molecular flexibility index (Phi) is 4.13. The van der Waals surface area contributed by atoms with Crippen molar-refractivity contribution in [2.75, 3.05) is 5.73 Å². The van der Waals surface area contributed by atoms with Crippen molar-refractivity contribution in [2.45, 2.75) is 26.3 Å². The summed E-state index contributed by atoms with van der Waals surface area (Å²) in [5.74, 6) is 0.457. The molecule has 0 unspecified atom stereocenters. The maximum Gasteiger partial charge on any atom is 0.164 e. The van der Waals surface area contributed by atoms with E-state index in [0.29, 0.717) is 5.82 Å². The lowest BCUT2D eigenvalue weighted by Crippen LogP contribution is -2.23. The van der Waals surface area contributed by atoms with Gasteiger partial charge in [-0.25, -0.2) is 14.6 Å². The van der Waals surface area contributed by atoms with E-state index in [1.807, 2.05) is 22.9 Å². The number of anilines is 1. The predicted octanol–water partition coefficient (Wildman–Crippen LogP) is 4.41. The fourth-order valence-corrected chi connectivity index (χ4v) is 3.06. The third kappa shape index (κ3) is 2.70. The molecule has 0 bridgehead atoms. The molecule has 128 valence electrons. The van der Waals surface area contributed by atoms with Gasteiger partial charge in [-0.15, -0.1) is 12.4 Å². The van der Waals surface area contributed by atoms with E-state index in [4.69, 9.17) is 10.8 Å². The average molecular weight is 354 g/mol. The van der Waals surface area contributed by atoms with Crippen molar-refractivity contribution in [1.82, 2.24) is 19.7 Å². The quantitative estimate of drug-likeness (QED) is 0.550. The summed E-state index contributed by atoms with van der Waals surface area (Å²) in [6, 6.07) is 14.5. The third-order valence-corrected chi connectivity index (χ3v) is 4.17. The van der Waals surface area contributed by atoms with E-state index < -0.39 is 0 Å². The molecule has 0 spiro atoms. The molecule has 0 amide bonds. The molecular weight excluding hydrogens is 334 g/mol. The van der Waals surface area contributed by atoms with Gasteiger partial charge in [-0.3, -0.25) is 0 Å². The predicted molar refractivity (Wildman–Crippen MR) is 105 cm³/mol. The van der Waals surface area contributed by atoms with Crippen LogP contribution in [0.2, 0.25) is 0 Å². The first-order chi connectivity index (χ1) is 11.5. The number of nitrogens with zero attached hydrogens (tertiary/aromatic N) is 4. The second kappa shape index (κ2) is 6.01. The first-order valence-electron chi connectivity index (χ1n) is 7.94. The van der Waals surface area contributed by atoms with Gasteiger partial charge < -0.3 is 5.73 Å². The molecule has 25 heavy (non-hydrogen) atoms. The zero-order valence-corrected chi connectivity index (χ0v) is 15.2. The Balaban J connectivity index is 0.00000182. The highest BCUT2D eigenvalue weighted by Gasteiger charge is 2.24. The summed E-state index contributed by atoms with van der Waals surface area (Å²) < 4.78 is 1.93. The maximum absolute atomic E-state index is 6.19. The van der Waals surface area contributed by atoms with Crippen molar-refractivity contribution in [3.05, 3.63) is 48.8 Å². The molecule has 4 rings (SSSR count). The molecular formula is C19H20ClN5. The summed E-state index contributed by atoms with van der Waals surface area (Å²) in [5.41, 5.74) is 8.62. The fraction of sp³-hybridized carbons (Fsp3) is 0.211. The molecule has 2 aromatic heterocycles. The number of benzene rings is 2. The number of hydrogen-bond acceptors (Lipinski definition) is 4. The zero-order chi connectivity index (χ0) is 16.9. The standard InChI is InChI=1S/C19H19N5.ClH/c1-19(2,3)24-18-15(17(20)21-11-22-18)16(23-24)14-10-6-8-12-7-4-5-9-13(12)14;/h4-11H,1-3H3,(H2,20,21,22);1H.